The van der Waals surface area contributed by atoms with Crippen molar-refractivity contribution in [2.45, 2.75) is 52.1 Å². The van der Waals surface area contributed by atoms with Gasteiger partial charge in [-0.15, -0.1) is 0 Å². The fourth-order valence-electron chi connectivity index (χ4n) is 4.20. The average molecular weight is 476 g/mol. The summed E-state index contributed by atoms with van der Waals surface area (Å²) in [5, 5.41) is 13.8. The van der Waals surface area contributed by atoms with Crippen molar-refractivity contribution in [3.05, 3.63) is 22.8 Å². The lowest BCUT2D eigenvalue weighted by Gasteiger charge is -2.49. The summed E-state index contributed by atoms with van der Waals surface area (Å²) in [6.07, 6.45) is 0.673. The fraction of sp³-hybridized carbons (Fsp3) is 0.591. The summed E-state index contributed by atoms with van der Waals surface area (Å²) in [5.74, 6) is -0.0313. The summed E-state index contributed by atoms with van der Waals surface area (Å²) >= 11 is 6.34. The maximum absolute atomic E-state index is 13.1. The second-order valence-electron chi connectivity index (χ2n) is 9.79. The summed E-state index contributed by atoms with van der Waals surface area (Å²) in [6.45, 7) is 8.69. The van der Waals surface area contributed by atoms with Crippen LogP contribution in [0.15, 0.2) is 12.1 Å². The number of likely N-dealkylation sites (tertiary alicyclic amines) is 1. The number of halogens is 1. The summed E-state index contributed by atoms with van der Waals surface area (Å²) in [4.78, 5) is 45.7. The number of piperazine rings is 1. The highest BCUT2D eigenvalue weighted by Gasteiger charge is 2.51. The number of hydrazine groups is 1. The molecule has 11 heteroatoms. The molecule has 4 amide bonds. The number of carbonyl (C=O) groups excluding carboxylic acids is 3. The van der Waals surface area contributed by atoms with Crippen molar-refractivity contribution in [1.82, 2.24) is 25.5 Å². The van der Waals surface area contributed by atoms with Crippen LogP contribution in [0.25, 0.3) is 0 Å². The highest BCUT2D eigenvalue weighted by molar-refractivity contribution is 6.33. The minimum atomic E-state index is -0.947. The topological polar surface area (TPSA) is 122 Å². The van der Waals surface area contributed by atoms with E-state index in [4.69, 9.17) is 11.6 Å². The standard InChI is InChI=1S/C22H30ClN7O3/c1-14-18(31)28(5)22(19(32)25-14)8-10-29(11-9-22)20(33)27-30(13-21(2,3)4)17-16(23)7-6-15(12-24)26-17/h6-7,14H,8-11,13H2,1-5H3,(H,25,32)(H,27,33). The van der Waals surface area contributed by atoms with Gasteiger partial charge in [0.15, 0.2) is 5.82 Å². The minimum Gasteiger partial charge on any atom is -0.343 e. The molecular weight excluding hydrogens is 446 g/mol. The van der Waals surface area contributed by atoms with E-state index in [1.165, 1.54) is 11.0 Å². The molecule has 1 spiro atoms. The molecule has 0 saturated carbocycles. The zero-order valence-corrected chi connectivity index (χ0v) is 20.4. The highest BCUT2D eigenvalue weighted by Crippen LogP contribution is 2.32. The fourth-order valence-corrected chi connectivity index (χ4v) is 4.41. The molecule has 1 aromatic heterocycles. The third-order valence-corrected chi connectivity index (χ3v) is 6.35. The summed E-state index contributed by atoms with van der Waals surface area (Å²) in [7, 11) is 1.65. The van der Waals surface area contributed by atoms with E-state index >= 15 is 0 Å². The Labute approximate surface area is 198 Å². The third kappa shape index (κ3) is 4.98. The molecule has 0 aliphatic carbocycles. The van der Waals surface area contributed by atoms with Crippen LogP contribution < -0.4 is 15.8 Å². The third-order valence-electron chi connectivity index (χ3n) is 6.05. The molecule has 3 rings (SSSR count). The number of nitriles is 1. The largest absolute Gasteiger partial charge is 0.343 e. The van der Waals surface area contributed by atoms with E-state index in [9.17, 15) is 19.6 Å². The molecule has 2 N–H and O–H groups in total. The maximum atomic E-state index is 13.1. The van der Waals surface area contributed by atoms with Crippen molar-refractivity contribution in [2.24, 2.45) is 5.41 Å². The van der Waals surface area contributed by atoms with Crippen LogP contribution in [0.5, 0.6) is 0 Å². The summed E-state index contributed by atoms with van der Waals surface area (Å²) in [5.41, 5.74) is 1.89. The molecule has 1 unspecified atom stereocenters. The van der Waals surface area contributed by atoms with Crippen LogP contribution in [-0.2, 0) is 9.59 Å². The van der Waals surface area contributed by atoms with Gasteiger partial charge in [-0.1, -0.05) is 32.4 Å². The lowest BCUT2D eigenvalue weighted by Crippen LogP contribution is -2.71. The van der Waals surface area contributed by atoms with Crippen LogP contribution in [0.1, 0.15) is 46.2 Å². The van der Waals surface area contributed by atoms with Gasteiger partial charge in [-0.3, -0.25) is 14.6 Å². The first kappa shape index (κ1) is 24.6. The molecule has 1 atom stereocenters. The van der Waals surface area contributed by atoms with Gasteiger partial charge in [-0.25, -0.2) is 15.2 Å². The molecule has 10 nitrogen and oxygen atoms in total. The van der Waals surface area contributed by atoms with Crippen LogP contribution in [0.4, 0.5) is 10.6 Å². The number of pyridine rings is 1. The molecule has 178 valence electrons. The molecule has 1 aromatic rings. The molecular formula is C22H30ClN7O3. The van der Waals surface area contributed by atoms with Gasteiger partial charge in [0.1, 0.15) is 23.3 Å². The second-order valence-corrected chi connectivity index (χ2v) is 10.2. The number of amides is 4. The van der Waals surface area contributed by atoms with Gasteiger partial charge in [-0.2, -0.15) is 5.26 Å². The molecule has 2 saturated heterocycles. The van der Waals surface area contributed by atoms with Gasteiger partial charge >= 0.3 is 6.03 Å². The molecule has 2 aliphatic rings. The molecule has 33 heavy (non-hydrogen) atoms. The smallest absolute Gasteiger partial charge is 0.336 e. The number of likely N-dealkylation sites (N-methyl/N-ethyl adjacent to an activating group) is 1. The predicted molar refractivity (Wildman–Crippen MR) is 123 cm³/mol. The van der Waals surface area contributed by atoms with Crippen LogP contribution in [0, 0.1) is 16.7 Å². The number of nitrogens with one attached hydrogen (secondary N) is 2. The maximum Gasteiger partial charge on any atom is 0.336 e. The quantitative estimate of drug-likeness (QED) is 0.644. The van der Waals surface area contributed by atoms with Crippen LogP contribution in [0.3, 0.4) is 0 Å². The van der Waals surface area contributed by atoms with E-state index in [0.29, 0.717) is 43.3 Å². The molecule has 0 aromatic carbocycles. The number of rotatable bonds is 3. The first-order valence-electron chi connectivity index (χ1n) is 10.9. The molecule has 0 bridgehead atoms. The number of aromatic nitrogens is 1. The monoisotopic (exact) mass is 475 g/mol. The number of piperidine rings is 1. The van der Waals surface area contributed by atoms with Gasteiger partial charge in [0, 0.05) is 26.7 Å². The van der Waals surface area contributed by atoms with E-state index in [2.05, 4.69) is 15.7 Å². The molecule has 2 aliphatic heterocycles. The Kier molecular flexibility index (Phi) is 6.75. The van der Waals surface area contributed by atoms with Crippen molar-refractivity contribution in [3.63, 3.8) is 0 Å². The van der Waals surface area contributed by atoms with Crippen molar-refractivity contribution in [2.75, 3.05) is 31.7 Å². The Bertz CT molecular complexity index is 993. The van der Waals surface area contributed by atoms with E-state index in [-0.39, 0.29) is 29.0 Å². The zero-order chi connectivity index (χ0) is 24.6. The minimum absolute atomic E-state index is 0.137. The van der Waals surface area contributed by atoms with Gasteiger partial charge in [0.25, 0.3) is 0 Å². The average Bonchev–Trinajstić information content (AvgIpc) is 2.76. The van der Waals surface area contributed by atoms with Gasteiger partial charge in [0.05, 0.1) is 5.02 Å². The van der Waals surface area contributed by atoms with E-state index in [1.807, 2.05) is 26.8 Å². The van der Waals surface area contributed by atoms with E-state index in [0.717, 1.165) is 0 Å². The van der Waals surface area contributed by atoms with Crippen LogP contribution >= 0.6 is 11.6 Å². The Morgan fingerprint density at radius 3 is 2.58 bits per heavy atom. The van der Waals surface area contributed by atoms with Crippen molar-refractivity contribution in [1.29, 1.82) is 5.26 Å². The second kappa shape index (κ2) is 9.06. The van der Waals surface area contributed by atoms with Gasteiger partial charge in [0.2, 0.25) is 11.8 Å². The van der Waals surface area contributed by atoms with Gasteiger partial charge < -0.3 is 15.1 Å². The zero-order valence-electron chi connectivity index (χ0n) is 19.6. The Morgan fingerprint density at radius 2 is 2.00 bits per heavy atom. The van der Waals surface area contributed by atoms with Crippen molar-refractivity contribution >= 4 is 35.3 Å². The molecule has 0 radical (unpaired) electrons. The first-order valence-corrected chi connectivity index (χ1v) is 11.2. The van der Waals surface area contributed by atoms with Crippen molar-refractivity contribution < 1.29 is 14.4 Å². The summed E-state index contributed by atoms with van der Waals surface area (Å²) in [6, 6.07) is 4.15. The van der Waals surface area contributed by atoms with Crippen molar-refractivity contribution in [3.8, 4) is 6.07 Å². The van der Waals surface area contributed by atoms with Crippen LogP contribution in [0.2, 0.25) is 5.02 Å². The SMILES string of the molecule is CC1NC(=O)C2(CCN(C(=O)NN(CC(C)(C)C)c3nc(C#N)ccc3Cl)CC2)N(C)C1=O. The molecule has 2 fully saturated rings. The molecule has 3 heterocycles. The lowest BCUT2D eigenvalue weighted by molar-refractivity contribution is -0.157. The normalized spacial score (nSPS) is 20.3. The lowest BCUT2D eigenvalue weighted by atomic mass is 9.82. The van der Waals surface area contributed by atoms with Crippen LogP contribution in [-0.4, -0.2) is 70.9 Å². The van der Waals surface area contributed by atoms with Gasteiger partial charge in [-0.05, 0) is 37.3 Å². The number of nitrogens with zero attached hydrogens (tertiary/aromatic N) is 5. The number of carbonyl (C=O) groups is 3. The number of hydrogen-bond acceptors (Lipinski definition) is 6. The number of urea groups is 1. The Hall–Kier alpha value is -3.06. The number of anilines is 1. The Morgan fingerprint density at radius 1 is 1.36 bits per heavy atom. The highest BCUT2D eigenvalue weighted by atomic mass is 35.5. The number of hydrogen-bond donors (Lipinski definition) is 2. The van der Waals surface area contributed by atoms with E-state index in [1.54, 1.807) is 29.9 Å². The first-order chi connectivity index (χ1) is 15.4. The van der Waals surface area contributed by atoms with E-state index < -0.39 is 11.6 Å². The predicted octanol–water partition coefficient (Wildman–Crippen LogP) is 1.90. The summed E-state index contributed by atoms with van der Waals surface area (Å²) < 4.78 is 0. The Balaban J connectivity index is 1.76.